The molecule has 0 spiro atoms. The Balaban J connectivity index is 1.81. The topological polar surface area (TPSA) is 26.5 Å². The van der Waals surface area contributed by atoms with Gasteiger partial charge in [0.1, 0.15) is 5.69 Å². The SMILES string of the molecule is CCc1ccc(N2C3=[N+](CCCCC3)CC2(O)c2ccc(Br)cc2)cc1. The summed E-state index contributed by atoms with van der Waals surface area (Å²) in [7, 11) is 0. The summed E-state index contributed by atoms with van der Waals surface area (Å²) in [5.74, 6) is 1.26. The predicted molar refractivity (Wildman–Crippen MR) is 110 cm³/mol. The third-order valence-electron chi connectivity index (χ3n) is 5.64. The molecule has 2 aliphatic rings. The average molecular weight is 414 g/mol. The van der Waals surface area contributed by atoms with Gasteiger partial charge in [-0.25, -0.2) is 0 Å². The van der Waals surface area contributed by atoms with E-state index in [1.54, 1.807) is 0 Å². The highest BCUT2D eigenvalue weighted by molar-refractivity contribution is 9.10. The van der Waals surface area contributed by atoms with E-state index in [1.165, 1.54) is 30.7 Å². The summed E-state index contributed by atoms with van der Waals surface area (Å²) in [5, 5.41) is 11.9. The maximum absolute atomic E-state index is 11.9. The van der Waals surface area contributed by atoms with Crippen molar-refractivity contribution < 1.29 is 9.68 Å². The minimum Gasteiger partial charge on any atom is -0.346 e. The Morgan fingerprint density at radius 3 is 2.46 bits per heavy atom. The molecular weight excluding hydrogens is 388 g/mol. The lowest BCUT2D eigenvalue weighted by atomic mass is 9.99. The van der Waals surface area contributed by atoms with Crippen molar-refractivity contribution in [2.75, 3.05) is 18.0 Å². The summed E-state index contributed by atoms with van der Waals surface area (Å²) in [6, 6.07) is 16.8. The van der Waals surface area contributed by atoms with Gasteiger partial charge in [-0.2, -0.15) is 4.90 Å². The van der Waals surface area contributed by atoms with Crippen molar-refractivity contribution >= 4 is 27.5 Å². The summed E-state index contributed by atoms with van der Waals surface area (Å²) in [6.45, 7) is 3.82. The van der Waals surface area contributed by atoms with Gasteiger partial charge >= 0.3 is 0 Å². The third-order valence-corrected chi connectivity index (χ3v) is 6.17. The smallest absolute Gasteiger partial charge is 0.275 e. The van der Waals surface area contributed by atoms with Gasteiger partial charge in [0.15, 0.2) is 6.54 Å². The second-order valence-electron chi connectivity index (χ2n) is 7.33. The molecule has 1 unspecified atom stereocenters. The van der Waals surface area contributed by atoms with E-state index in [4.69, 9.17) is 0 Å². The number of anilines is 1. The Morgan fingerprint density at radius 2 is 1.77 bits per heavy atom. The molecular formula is C22H26BrN2O+. The fraction of sp³-hybridized carbons (Fsp3) is 0.409. The summed E-state index contributed by atoms with van der Waals surface area (Å²) in [6.07, 6.45) is 5.70. The fourth-order valence-electron chi connectivity index (χ4n) is 4.20. The Hall–Kier alpha value is -1.65. The van der Waals surface area contributed by atoms with Crippen LogP contribution in [0.25, 0.3) is 0 Å². The quantitative estimate of drug-likeness (QED) is 0.740. The number of rotatable bonds is 3. The van der Waals surface area contributed by atoms with Crippen molar-refractivity contribution in [1.82, 2.24) is 0 Å². The Morgan fingerprint density at radius 1 is 1.04 bits per heavy atom. The van der Waals surface area contributed by atoms with Gasteiger partial charge in [0, 0.05) is 16.5 Å². The summed E-state index contributed by atoms with van der Waals surface area (Å²) >= 11 is 3.51. The number of aryl methyl sites for hydroxylation is 1. The number of amidine groups is 1. The molecule has 136 valence electrons. The van der Waals surface area contributed by atoms with Crippen LogP contribution in [0.1, 0.15) is 43.7 Å². The van der Waals surface area contributed by atoms with Crippen LogP contribution < -0.4 is 4.90 Å². The van der Waals surface area contributed by atoms with E-state index < -0.39 is 5.72 Å². The van der Waals surface area contributed by atoms with E-state index in [9.17, 15) is 5.11 Å². The first-order chi connectivity index (χ1) is 12.6. The largest absolute Gasteiger partial charge is 0.346 e. The van der Waals surface area contributed by atoms with Gasteiger partial charge in [0.25, 0.3) is 11.6 Å². The molecule has 0 aromatic heterocycles. The summed E-state index contributed by atoms with van der Waals surface area (Å²) in [5.41, 5.74) is 2.32. The van der Waals surface area contributed by atoms with Gasteiger partial charge in [0.05, 0.1) is 6.54 Å². The molecule has 2 aromatic carbocycles. The molecule has 2 aromatic rings. The molecule has 3 nitrogen and oxygen atoms in total. The minimum absolute atomic E-state index is 0.624. The van der Waals surface area contributed by atoms with E-state index in [-0.39, 0.29) is 0 Å². The molecule has 4 rings (SSSR count). The highest BCUT2D eigenvalue weighted by Crippen LogP contribution is 2.38. The molecule has 26 heavy (non-hydrogen) atoms. The lowest BCUT2D eigenvalue weighted by Gasteiger charge is -2.29. The van der Waals surface area contributed by atoms with Crippen LogP contribution >= 0.6 is 15.9 Å². The monoisotopic (exact) mass is 413 g/mol. The molecule has 0 radical (unpaired) electrons. The van der Waals surface area contributed by atoms with E-state index in [2.05, 4.69) is 56.6 Å². The van der Waals surface area contributed by atoms with Gasteiger partial charge in [-0.15, -0.1) is 0 Å². The second kappa shape index (κ2) is 7.16. The van der Waals surface area contributed by atoms with Gasteiger partial charge in [-0.1, -0.05) is 47.1 Å². The van der Waals surface area contributed by atoms with Crippen molar-refractivity contribution in [3.63, 3.8) is 0 Å². The van der Waals surface area contributed by atoms with Crippen LogP contribution in [0.3, 0.4) is 0 Å². The number of nitrogens with zero attached hydrogens (tertiary/aromatic N) is 2. The first-order valence-electron chi connectivity index (χ1n) is 9.60. The van der Waals surface area contributed by atoms with Crippen LogP contribution in [0.5, 0.6) is 0 Å². The zero-order valence-corrected chi connectivity index (χ0v) is 16.9. The van der Waals surface area contributed by atoms with E-state index in [0.717, 1.165) is 35.1 Å². The Kier molecular flexibility index (Phi) is 4.89. The fourth-order valence-corrected chi connectivity index (χ4v) is 4.47. The normalized spacial score (nSPS) is 23.1. The van der Waals surface area contributed by atoms with Crippen LogP contribution in [-0.2, 0) is 12.1 Å². The Bertz CT molecular complexity index is 813. The maximum atomic E-state index is 11.9. The van der Waals surface area contributed by atoms with E-state index >= 15 is 0 Å². The van der Waals surface area contributed by atoms with Crippen molar-refractivity contribution in [3.05, 3.63) is 64.1 Å². The molecule has 0 aliphatic carbocycles. The molecule has 0 fully saturated rings. The molecule has 0 saturated carbocycles. The van der Waals surface area contributed by atoms with Crippen molar-refractivity contribution in [2.24, 2.45) is 0 Å². The van der Waals surface area contributed by atoms with Gasteiger partial charge in [-0.05, 0) is 55.5 Å². The number of hydrogen-bond donors (Lipinski definition) is 1. The molecule has 0 saturated heterocycles. The first kappa shape index (κ1) is 17.7. The van der Waals surface area contributed by atoms with Gasteiger partial charge in [-0.3, -0.25) is 4.58 Å². The van der Waals surface area contributed by atoms with Crippen LogP contribution in [0, 0.1) is 0 Å². The van der Waals surface area contributed by atoms with E-state index in [0.29, 0.717) is 6.54 Å². The van der Waals surface area contributed by atoms with Crippen LogP contribution in [0.15, 0.2) is 53.0 Å². The molecule has 4 heteroatoms. The average Bonchev–Trinajstić information content (AvgIpc) is 2.79. The number of aliphatic hydroxyl groups is 1. The highest BCUT2D eigenvalue weighted by atomic mass is 79.9. The molecule has 2 heterocycles. The Labute approximate surface area is 164 Å². The van der Waals surface area contributed by atoms with Gasteiger partial charge < -0.3 is 5.11 Å². The molecule has 1 atom stereocenters. The lowest BCUT2D eigenvalue weighted by molar-refractivity contribution is -0.534. The van der Waals surface area contributed by atoms with Crippen LogP contribution in [-0.4, -0.2) is 28.6 Å². The van der Waals surface area contributed by atoms with Crippen molar-refractivity contribution in [1.29, 1.82) is 0 Å². The van der Waals surface area contributed by atoms with Crippen molar-refractivity contribution in [3.8, 4) is 0 Å². The maximum Gasteiger partial charge on any atom is 0.275 e. The van der Waals surface area contributed by atoms with E-state index in [1.807, 2.05) is 24.3 Å². The number of hydrogen-bond acceptors (Lipinski definition) is 2. The predicted octanol–water partition coefficient (Wildman–Crippen LogP) is 4.66. The van der Waals surface area contributed by atoms with Crippen molar-refractivity contribution in [2.45, 2.75) is 44.8 Å². The summed E-state index contributed by atoms with van der Waals surface area (Å²) in [4.78, 5) is 2.18. The second-order valence-corrected chi connectivity index (χ2v) is 8.24. The summed E-state index contributed by atoms with van der Waals surface area (Å²) < 4.78 is 3.42. The standard InChI is InChI=1S/C22H26BrN2O/c1-2-17-7-13-20(14-8-17)25-21-6-4-3-5-15-24(21)16-22(25,26)18-9-11-19(23)12-10-18/h7-14,26H,2-6,15-16H2,1H3/q+1. The minimum atomic E-state index is -1.03. The number of benzene rings is 2. The third kappa shape index (κ3) is 3.10. The highest BCUT2D eigenvalue weighted by Gasteiger charge is 2.53. The first-order valence-corrected chi connectivity index (χ1v) is 10.4. The van der Waals surface area contributed by atoms with Gasteiger partial charge in [0.2, 0.25) is 0 Å². The van der Waals surface area contributed by atoms with Crippen LogP contribution in [0.2, 0.25) is 0 Å². The number of halogens is 1. The zero-order chi connectivity index (χ0) is 18.1. The lowest BCUT2D eigenvalue weighted by Crippen LogP contribution is -2.47. The molecule has 2 aliphatic heterocycles. The van der Waals surface area contributed by atoms with Crippen LogP contribution in [0.4, 0.5) is 5.69 Å². The molecule has 0 bridgehead atoms. The molecule has 1 N–H and O–H groups in total. The molecule has 0 amide bonds. The zero-order valence-electron chi connectivity index (χ0n) is 15.3.